The van der Waals surface area contributed by atoms with Crippen LogP contribution >= 0.6 is 0 Å². The Labute approximate surface area is 89.7 Å². The van der Waals surface area contributed by atoms with E-state index >= 15 is 0 Å². The van der Waals surface area contributed by atoms with Gasteiger partial charge in [-0.1, -0.05) is 48.9 Å². The molecule has 0 unspecified atom stereocenters. The van der Waals surface area contributed by atoms with Gasteiger partial charge in [-0.3, -0.25) is 0 Å². The molecule has 0 radical (unpaired) electrons. The van der Waals surface area contributed by atoms with Crippen LogP contribution in [0.5, 0.6) is 0 Å². The second-order valence-corrected chi connectivity index (χ2v) is 2.99. The summed E-state index contributed by atoms with van der Waals surface area (Å²) < 4.78 is 0. The van der Waals surface area contributed by atoms with Gasteiger partial charge in [-0.25, -0.2) is 0 Å². The third-order valence-corrected chi connectivity index (χ3v) is 1.87. The number of hydrogen-bond donors (Lipinski definition) is 1. The zero-order chi connectivity index (χ0) is 11.1. The lowest BCUT2D eigenvalue weighted by molar-refractivity contribution is 0.881. The third kappa shape index (κ3) is 3.50. The molecule has 1 N–H and O–H groups in total. The van der Waals surface area contributed by atoms with Crippen LogP contribution < -0.4 is 0 Å². The Morgan fingerprint density at radius 1 is 1.13 bits per heavy atom. The van der Waals surface area contributed by atoms with Gasteiger partial charge in [0.15, 0.2) is 5.82 Å². The highest BCUT2D eigenvalue weighted by atomic mass is 15.5. The first kappa shape index (κ1) is 11.4. The highest BCUT2D eigenvalue weighted by Crippen LogP contribution is 2.05. The summed E-state index contributed by atoms with van der Waals surface area (Å²) >= 11 is 0. The van der Waals surface area contributed by atoms with Gasteiger partial charge in [0.2, 0.25) is 0 Å². The van der Waals surface area contributed by atoms with E-state index < -0.39 is 0 Å². The Morgan fingerprint density at radius 3 is 2.33 bits per heavy atom. The Kier molecular flexibility index (Phi) is 4.47. The Hall–Kier alpha value is -1.71. The zero-order valence-corrected chi connectivity index (χ0v) is 9.36. The van der Waals surface area contributed by atoms with Crippen LogP contribution in [0.15, 0.2) is 24.3 Å². The molecular formula is C11H16N4. The van der Waals surface area contributed by atoms with Gasteiger partial charge in [0, 0.05) is 6.42 Å². The molecule has 4 nitrogen and oxygen atoms in total. The molecule has 2 aromatic rings. The molecule has 0 amide bonds. The van der Waals surface area contributed by atoms with E-state index in [-0.39, 0.29) is 0 Å². The van der Waals surface area contributed by atoms with Crippen molar-refractivity contribution in [2.75, 3.05) is 0 Å². The SMILES string of the molecule is CC.Cc1ccc(Cc2nn[nH]n2)cc1. The quantitative estimate of drug-likeness (QED) is 0.815. The van der Waals surface area contributed by atoms with Crippen LogP contribution in [0.4, 0.5) is 0 Å². The largest absolute Gasteiger partial charge is 0.178 e. The van der Waals surface area contributed by atoms with Crippen molar-refractivity contribution in [3.63, 3.8) is 0 Å². The van der Waals surface area contributed by atoms with E-state index in [4.69, 9.17) is 0 Å². The van der Waals surface area contributed by atoms with Crippen LogP contribution in [0.1, 0.15) is 30.8 Å². The van der Waals surface area contributed by atoms with Gasteiger partial charge in [-0.05, 0) is 12.5 Å². The molecule has 0 saturated carbocycles. The van der Waals surface area contributed by atoms with Crippen molar-refractivity contribution in [2.45, 2.75) is 27.2 Å². The third-order valence-electron chi connectivity index (χ3n) is 1.87. The van der Waals surface area contributed by atoms with E-state index in [9.17, 15) is 0 Å². The van der Waals surface area contributed by atoms with Crippen molar-refractivity contribution in [3.8, 4) is 0 Å². The van der Waals surface area contributed by atoms with Gasteiger partial charge in [-0.2, -0.15) is 5.21 Å². The van der Waals surface area contributed by atoms with E-state index in [1.54, 1.807) is 0 Å². The monoisotopic (exact) mass is 204 g/mol. The Bertz CT molecular complexity index is 364. The lowest BCUT2D eigenvalue weighted by Gasteiger charge is -1.96. The summed E-state index contributed by atoms with van der Waals surface area (Å²) in [6.45, 7) is 6.07. The molecule has 1 heterocycles. The molecule has 0 saturated heterocycles. The number of hydrogen-bond acceptors (Lipinski definition) is 3. The second-order valence-electron chi connectivity index (χ2n) is 2.99. The van der Waals surface area contributed by atoms with E-state index in [2.05, 4.69) is 51.8 Å². The standard InChI is InChI=1S/C9H10N4.C2H6/c1-7-2-4-8(5-3-7)6-9-10-12-13-11-9;1-2/h2-5H,6H2,1H3,(H,10,11,12,13);1-2H3. The molecule has 2 rings (SSSR count). The predicted molar refractivity (Wildman–Crippen MR) is 59.5 cm³/mol. The summed E-state index contributed by atoms with van der Waals surface area (Å²) in [6, 6.07) is 8.31. The van der Waals surface area contributed by atoms with Crippen LogP contribution in [0, 0.1) is 6.92 Å². The van der Waals surface area contributed by atoms with Crippen LogP contribution in [0.3, 0.4) is 0 Å². The number of nitrogens with zero attached hydrogens (tertiary/aromatic N) is 3. The number of nitrogens with one attached hydrogen (secondary N) is 1. The average molecular weight is 204 g/mol. The van der Waals surface area contributed by atoms with Gasteiger partial charge in [-0.15, -0.1) is 10.2 Å². The lowest BCUT2D eigenvalue weighted by Crippen LogP contribution is -1.90. The number of aryl methyl sites for hydroxylation is 1. The summed E-state index contributed by atoms with van der Waals surface area (Å²) in [4.78, 5) is 0. The first-order valence-corrected chi connectivity index (χ1v) is 5.12. The molecular weight excluding hydrogens is 188 g/mol. The summed E-state index contributed by atoms with van der Waals surface area (Å²) in [5.74, 6) is 0.726. The summed E-state index contributed by atoms with van der Waals surface area (Å²) in [5, 5.41) is 13.7. The fourth-order valence-electron chi connectivity index (χ4n) is 1.15. The minimum absolute atomic E-state index is 0.726. The molecule has 4 heteroatoms. The van der Waals surface area contributed by atoms with Crippen molar-refractivity contribution in [1.29, 1.82) is 0 Å². The fourth-order valence-corrected chi connectivity index (χ4v) is 1.15. The lowest BCUT2D eigenvalue weighted by atomic mass is 10.1. The number of rotatable bonds is 2. The first-order valence-electron chi connectivity index (χ1n) is 5.12. The highest BCUT2D eigenvalue weighted by Gasteiger charge is 1.99. The van der Waals surface area contributed by atoms with Crippen molar-refractivity contribution in [1.82, 2.24) is 20.6 Å². The van der Waals surface area contributed by atoms with Gasteiger partial charge in [0.1, 0.15) is 0 Å². The first-order chi connectivity index (χ1) is 7.34. The molecule has 0 aliphatic rings. The number of tetrazole rings is 1. The highest BCUT2D eigenvalue weighted by molar-refractivity contribution is 5.23. The molecule has 1 aromatic carbocycles. The number of aromatic amines is 1. The topological polar surface area (TPSA) is 54.5 Å². The summed E-state index contributed by atoms with van der Waals surface area (Å²) in [7, 11) is 0. The molecule has 0 aliphatic carbocycles. The average Bonchev–Trinajstić information content (AvgIpc) is 2.77. The van der Waals surface area contributed by atoms with E-state index in [0.29, 0.717) is 0 Å². The molecule has 0 bridgehead atoms. The molecule has 0 spiro atoms. The van der Waals surface area contributed by atoms with Gasteiger partial charge < -0.3 is 0 Å². The maximum absolute atomic E-state index is 3.89. The maximum Gasteiger partial charge on any atom is 0.178 e. The van der Waals surface area contributed by atoms with E-state index in [0.717, 1.165) is 12.2 Å². The van der Waals surface area contributed by atoms with Crippen molar-refractivity contribution in [3.05, 3.63) is 41.2 Å². The fraction of sp³-hybridized carbons (Fsp3) is 0.364. The van der Waals surface area contributed by atoms with E-state index in [1.165, 1.54) is 11.1 Å². The van der Waals surface area contributed by atoms with Crippen LogP contribution in [0.2, 0.25) is 0 Å². The molecule has 80 valence electrons. The number of benzene rings is 1. The van der Waals surface area contributed by atoms with Gasteiger partial charge in [0.05, 0.1) is 0 Å². The van der Waals surface area contributed by atoms with E-state index in [1.807, 2.05) is 13.8 Å². The smallest absolute Gasteiger partial charge is 0.177 e. The van der Waals surface area contributed by atoms with Crippen molar-refractivity contribution in [2.24, 2.45) is 0 Å². The molecule has 0 fully saturated rings. The molecule has 0 aliphatic heterocycles. The van der Waals surface area contributed by atoms with Crippen LogP contribution in [0.25, 0.3) is 0 Å². The zero-order valence-electron chi connectivity index (χ0n) is 9.36. The van der Waals surface area contributed by atoms with Crippen molar-refractivity contribution < 1.29 is 0 Å². The van der Waals surface area contributed by atoms with Gasteiger partial charge in [0.25, 0.3) is 0 Å². The minimum Gasteiger partial charge on any atom is -0.177 e. The predicted octanol–water partition coefficient (Wildman–Crippen LogP) is 2.13. The molecule has 0 atom stereocenters. The Morgan fingerprint density at radius 2 is 1.80 bits per heavy atom. The maximum atomic E-state index is 3.89. The second kappa shape index (κ2) is 5.90. The Balaban J connectivity index is 0.000000531. The summed E-state index contributed by atoms with van der Waals surface area (Å²) in [6.07, 6.45) is 0.733. The van der Waals surface area contributed by atoms with Crippen molar-refractivity contribution >= 4 is 0 Å². The summed E-state index contributed by atoms with van der Waals surface area (Å²) in [5.41, 5.74) is 2.46. The number of aromatic nitrogens is 4. The van der Waals surface area contributed by atoms with Gasteiger partial charge >= 0.3 is 0 Å². The molecule has 1 aromatic heterocycles. The normalized spacial score (nSPS) is 9.27. The van der Waals surface area contributed by atoms with Crippen LogP contribution in [-0.4, -0.2) is 20.6 Å². The number of H-pyrrole nitrogens is 1. The van der Waals surface area contributed by atoms with Crippen LogP contribution in [-0.2, 0) is 6.42 Å². The molecule has 15 heavy (non-hydrogen) atoms. The minimum atomic E-state index is 0.726.